The highest BCUT2D eigenvalue weighted by Gasteiger charge is 2.29. The summed E-state index contributed by atoms with van der Waals surface area (Å²) in [4.78, 5) is 0. The number of halogens is 3. The van der Waals surface area contributed by atoms with Gasteiger partial charge in [0.2, 0.25) is 0 Å². The van der Waals surface area contributed by atoms with Crippen molar-refractivity contribution in [2.75, 3.05) is 19.0 Å². The Bertz CT molecular complexity index is 366. The fraction of sp³-hybridized carbons (Fsp3) is 0.455. The Morgan fingerprint density at radius 3 is 2.53 bits per heavy atom. The molecule has 0 fully saturated rings. The quantitative estimate of drug-likeness (QED) is 0.786. The number of rotatable bonds is 5. The van der Waals surface area contributed by atoms with Gasteiger partial charge in [-0.25, -0.2) is 0 Å². The van der Waals surface area contributed by atoms with Gasteiger partial charge in [0.05, 0.1) is 12.3 Å². The van der Waals surface area contributed by atoms with Gasteiger partial charge < -0.3 is 10.1 Å². The molecular formula is C11H15F3N2O. The van der Waals surface area contributed by atoms with Crippen molar-refractivity contribution in [3.05, 3.63) is 23.8 Å². The van der Waals surface area contributed by atoms with E-state index >= 15 is 0 Å². The Kier molecular flexibility index (Phi) is 4.62. The second-order valence-corrected chi connectivity index (χ2v) is 3.38. The topological polar surface area (TPSA) is 33.3 Å². The summed E-state index contributed by atoms with van der Waals surface area (Å²) in [5.74, 6) is 0.238. The maximum atomic E-state index is 12.3. The molecule has 1 aromatic rings. The van der Waals surface area contributed by atoms with Gasteiger partial charge in [0.25, 0.3) is 0 Å². The van der Waals surface area contributed by atoms with Crippen LogP contribution in [-0.2, 0) is 6.54 Å². The average molecular weight is 248 g/mol. The highest BCUT2D eigenvalue weighted by atomic mass is 19.4. The van der Waals surface area contributed by atoms with Crippen LogP contribution in [0.15, 0.2) is 18.2 Å². The molecule has 0 aromatic heterocycles. The van der Waals surface area contributed by atoms with Crippen molar-refractivity contribution in [2.45, 2.75) is 19.8 Å². The molecule has 1 rings (SSSR count). The second-order valence-electron chi connectivity index (χ2n) is 3.38. The van der Waals surface area contributed by atoms with E-state index in [1.165, 1.54) is 11.4 Å². The third kappa shape index (κ3) is 4.14. The molecule has 0 unspecified atom stereocenters. The van der Waals surface area contributed by atoms with Crippen molar-refractivity contribution < 1.29 is 17.9 Å². The van der Waals surface area contributed by atoms with E-state index in [0.717, 1.165) is 0 Å². The van der Waals surface area contributed by atoms with E-state index in [-0.39, 0.29) is 11.4 Å². The summed E-state index contributed by atoms with van der Waals surface area (Å²) in [6.45, 7) is 2.49. The van der Waals surface area contributed by atoms with Crippen LogP contribution in [-0.4, -0.2) is 20.0 Å². The van der Waals surface area contributed by atoms with Gasteiger partial charge in [-0.05, 0) is 20.0 Å². The number of ether oxygens (including phenoxy) is 1. The molecule has 0 aliphatic carbocycles. The van der Waals surface area contributed by atoms with E-state index in [2.05, 4.69) is 5.32 Å². The molecule has 0 heterocycles. The molecule has 2 N–H and O–H groups in total. The van der Waals surface area contributed by atoms with E-state index in [0.29, 0.717) is 18.7 Å². The smallest absolute Gasteiger partial charge is 0.482 e. The van der Waals surface area contributed by atoms with Gasteiger partial charge in [-0.1, -0.05) is 12.1 Å². The number of para-hydroxylation sites is 1. The molecule has 96 valence electrons. The van der Waals surface area contributed by atoms with E-state index in [1.807, 2.05) is 0 Å². The van der Waals surface area contributed by atoms with Crippen LogP contribution in [0.5, 0.6) is 5.75 Å². The number of hydrogen-bond donors (Lipinski definition) is 2. The first kappa shape index (κ1) is 13.6. The molecule has 0 bridgehead atoms. The highest BCUT2D eigenvalue weighted by molar-refractivity contribution is 5.60. The standard InChI is InChI=1S/C11H15F3N2O/c1-3-17-10-8(7-15-2)5-4-6-9(10)16-11(12,13)14/h4-6,15-16H,3,7H2,1-2H3. The van der Waals surface area contributed by atoms with Gasteiger partial charge in [-0.15, -0.1) is 0 Å². The van der Waals surface area contributed by atoms with E-state index in [1.54, 1.807) is 26.1 Å². The zero-order valence-corrected chi connectivity index (χ0v) is 9.69. The van der Waals surface area contributed by atoms with Crippen molar-refractivity contribution in [1.82, 2.24) is 5.32 Å². The molecule has 0 amide bonds. The predicted molar refractivity (Wildman–Crippen MR) is 60.1 cm³/mol. The molecule has 6 heteroatoms. The molecule has 0 saturated carbocycles. The summed E-state index contributed by atoms with van der Waals surface area (Å²) in [6.07, 6.45) is -4.47. The van der Waals surface area contributed by atoms with Crippen molar-refractivity contribution in [2.24, 2.45) is 0 Å². The molecule has 0 aliphatic heterocycles. The lowest BCUT2D eigenvalue weighted by molar-refractivity contribution is -0.100. The van der Waals surface area contributed by atoms with E-state index in [9.17, 15) is 13.2 Å². The number of benzene rings is 1. The molecular weight excluding hydrogens is 233 g/mol. The predicted octanol–water partition coefficient (Wildman–Crippen LogP) is 2.74. The van der Waals surface area contributed by atoms with Gasteiger partial charge >= 0.3 is 6.30 Å². The second kappa shape index (κ2) is 5.77. The van der Waals surface area contributed by atoms with E-state index in [4.69, 9.17) is 4.74 Å². The molecule has 1 aromatic carbocycles. The normalized spacial score (nSPS) is 11.4. The number of anilines is 1. The molecule has 0 radical (unpaired) electrons. The Hall–Kier alpha value is -1.43. The average Bonchev–Trinajstić information content (AvgIpc) is 2.21. The summed E-state index contributed by atoms with van der Waals surface area (Å²) in [7, 11) is 1.72. The van der Waals surface area contributed by atoms with Gasteiger partial charge in [0.1, 0.15) is 5.75 Å². The molecule has 0 spiro atoms. The zero-order chi connectivity index (χ0) is 12.9. The molecule has 0 saturated heterocycles. The molecule has 0 aliphatic rings. The number of nitrogens with one attached hydrogen (secondary N) is 2. The first-order chi connectivity index (χ1) is 7.98. The lowest BCUT2D eigenvalue weighted by Crippen LogP contribution is -2.21. The van der Waals surface area contributed by atoms with Crippen LogP contribution in [0, 0.1) is 0 Å². The minimum Gasteiger partial charge on any atom is -0.491 e. The SMILES string of the molecule is CCOc1c(CNC)cccc1NC(F)(F)F. The van der Waals surface area contributed by atoms with Gasteiger partial charge in [-0.3, -0.25) is 5.32 Å². The van der Waals surface area contributed by atoms with Gasteiger partial charge in [-0.2, -0.15) is 13.2 Å². The van der Waals surface area contributed by atoms with Crippen LogP contribution in [0.2, 0.25) is 0 Å². The lowest BCUT2D eigenvalue weighted by atomic mass is 10.1. The van der Waals surface area contributed by atoms with Crippen LogP contribution < -0.4 is 15.4 Å². The summed E-state index contributed by atoms with van der Waals surface area (Å²) in [6, 6.07) is 4.63. The summed E-state index contributed by atoms with van der Waals surface area (Å²) >= 11 is 0. The van der Waals surface area contributed by atoms with Crippen molar-refractivity contribution in [1.29, 1.82) is 0 Å². The fourth-order valence-corrected chi connectivity index (χ4v) is 1.48. The molecule has 17 heavy (non-hydrogen) atoms. The van der Waals surface area contributed by atoms with E-state index < -0.39 is 6.30 Å². The minimum atomic E-state index is -4.47. The first-order valence-electron chi connectivity index (χ1n) is 5.22. The van der Waals surface area contributed by atoms with Crippen LogP contribution in [0.1, 0.15) is 12.5 Å². The Morgan fingerprint density at radius 1 is 1.29 bits per heavy atom. The number of alkyl halides is 3. The van der Waals surface area contributed by atoms with Crippen molar-refractivity contribution in [3.8, 4) is 5.75 Å². The maximum Gasteiger partial charge on any atom is 0.482 e. The van der Waals surface area contributed by atoms with Crippen LogP contribution >= 0.6 is 0 Å². The Morgan fingerprint density at radius 2 is 2.00 bits per heavy atom. The van der Waals surface area contributed by atoms with Gasteiger partial charge in [0.15, 0.2) is 0 Å². The highest BCUT2D eigenvalue weighted by Crippen LogP contribution is 2.32. The van der Waals surface area contributed by atoms with Crippen molar-refractivity contribution in [3.63, 3.8) is 0 Å². The summed E-state index contributed by atoms with van der Waals surface area (Å²) < 4.78 is 42.2. The largest absolute Gasteiger partial charge is 0.491 e. The lowest BCUT2D eigenvalue weighted by Gasteiger charge is -2.17. The van der Waals surface area contributed by atoms with Crippen LogP contribution in [0.25, 0.3) is 0 Å². The van der Waals surface area contributed by atoms with Crippen molar-refractivity contribution >= 4 is 5.69 Å². The number of hydrogen-bond acceptors (Lipinski definition) is 3. The Balaban J connectivity index is 3.05. The van der Waals surface area contributed by atoms with Crippen LogP contribution in [0.4, 0.5) is 18.9 Å². The minimum absolute atomic E-state index is 0.0629. The van der Waals surface area contributed by atoms with Gasteiger partial charge in [0, 0.05) is 12.1 Å². The maximum absolute atomic E-state index is 12.3. The third-order valence-electron chi connectivity index (χ3n) is 2.03. The van der Waals surface area contributed by atoms with Crippen LogP contribution in [0.3, 0.4) is 0 Å². The zero-order valence-electron chi connectivity index (χ0n) is 9.69. The monoisotopic (exact) mass is 248 g/mol. The molecule has 0 atom stereocenters. The third-order valence-corrected chi connectivity index (χ3v) is 2.03. The fourth-order valence-electron chi connectivity index (χ4n) is 1.48. The first-order valence-corrected chi connectivity index (χ1v) is 5.22. The summed E-state index contributed by atoms with van der Waals surface area (Å²) in [5, 5.41) is 4.36. The molecule has 3 nitrogen and oxygen atoms in total. The summed E-state index contributed by atoms with van der Waals surface area (Å²) in [5.41, 5.74) is 0.621. The Labute approximate surface area is 98.0 Å².